The number of carbonyl (C=O) groups excluding carboxylic acids is 1. The van der Waals surface area contributed by atoms with Gasteiger partial charge in [0, 0.05) is 31.9 Å². The molecular formula is C23H25N5O2. The highest BCUT2D eigenvalue weighted by atomic mass is 16.3. The minimum atomic E-state index is -0.530. The fourth-order valence-corrected chi connectivity index (χ4v) is 3.56. The van der Waals surface area contributed by atoms with Gasteiger partial charge in [0.05, 0.1) is 6.10 Å². The van der Waals surface area contributed by atoms with E-state index in [0.717, 1.165) is 19.5 Å². The second kappa shape index (κ2) is 9.47. The van der Waals surface area contributed by atoms with Crippen LogP contribution in [0.4, 0.5) is 11.5 Å². The van der Waals surface area contributed by atoms with Gasteiger partial charge in [0.1, 0.15) is 5.82 Å². The predicted octanol–water partition coefficient (Wildman–Crippen LogP) is 2.56. The van der Waals surface area contributed by atoms with Crippen LogP contribution in [-0.4, -0.2) is 51.8 Å². The first-order chi connectivity index (χ1) is 14.7. The molecule has 7 nitrogen and oxygen atoms in total. The molecule has 1 aliphatic rings. The van der Waals surface area contributed by atoms with Gasteiger partial charge in [0.2, 0.25) is 0 Å². The van der Waals surface area contributed by atoms with Crippen molar-refractivity contribution in [1.82, 2.24) is 15.1 Å². The molecule has 0 radical (unpaired) electrons. The van der Waals surface area contributed by atoms with E-state index in [2.05, 4.69) is 50.0 Å². The number of nitrogens with one attached hydrogen (secondary N) is 2. The molecule has 0 aliphatic carbocycles. The summed E-state index contributed by atoms with van der Waals surface area (Å²) in [5.74, 6) is 0.208. The monoisotopic (exact) mass is 403 g/mol. The van der Waals surface area contributed by atoms with Crippen LogP contribution in [0.3, 0.4) is 0 Å². The minimum absolute atomic E-state index is 0.233. The van der Waals surface area contributed by atoms with Gasteiger partial charge in [0.15, 0.2) is 5.69 Å². The lowest BCUT2D eigenvalue weighted by atomic mass is 10.00. The average molecular weight is 403 g/mol. The normalized spacial score (nSPS) is 14.6. The van der Waals surface area contributed by atoms with Gasteiger partial charge in [0.25, 0.3) is 5.91 Å². The van der Waals surface area contributed by atoms with E-state index in [9.17, 15) is 9.90 Å². The van der Waals surface area contributed by atoms with Gasteiger partial charge in [-0.25, -0.2) is 0 Å². The molecule has 0 bridgehead atoms. The van der Waals surface area contributed by atoms with Gasteiger partial charge in [-0.2, -0.15) is 0 Å². The Hall–Kier alpha value is -3.29. The number of rotatable bonds is 7. The van der Waals surface area contributed by atoms with Gasteiger partial charge >= 0.3 is 0 Å². The quantitative estimate of drug-likeness (QED) is 0.562. The maximum absolute atomic E-state index is 12.2. The molecule has 7 heteroatoms. The van der Waals surface area contributed by atoms with Gasteiger partial charge < -0.3 is 15.7 Å². The van der Waals surface area contributed by atoms with Crippen molar-refractivity contribution < 1.29 is 9.90 Å². The Bertz CT molecular complexity index is 978. The van der Waals surface area contributed by atoms with E-state index in [1.165, 1.54) is 11.1 Å². The van der Waals surface area contributed by atoms with E-state index < -0.39 is 6.10 Å². The van der Waals surface area contributed by atoms with E-state index >= 15 is 0 Å². The molecule has 0 fully saturated rings. The van der Waals surface area contributed by atoms with Gasteiger partial charge in [-0.1, -0.05) is 42.5 Å². The molecule has 1 aromatic heterocycles. The van der Waals surface area contributed by atoms with Crippen LogP contribution in [0.25, 0.3) is 0 Å². The maximum atomic E-state index is 12.2. The number of β-amino-alcohol motifs (C(OH)–C–C–N with tert-alkyl or cyclic N) is 1. The van der Waals surface area contributed by atoms with E-state index in [0.29, 0.717) is 24.6 Å². The van der Waals surface area contributed by atoms with Crippen molar-refractivity contribution in [2.24, 2.45) is 0 Å². The first-order valence-corrected chi connectivity index (χ1v) is 10.1. The Balaban J connectivity index is 1.24. The molecule has 0 saturated carbocycles. The summed E-state index contributed by atoms with van der Waals surface area (Å²) in [4.78, 5) is 14.5. The highest BCUT2D eigenvalue weighted by Crippen LogP contribution is 2.18. The Kier molecular flexibility index (Phi) is 6.32. The van der Waals surface area contributed by atoms with E-state index in [1.54, 1.807) is 12.1 Å². The van der Waals surface area contributed by atoms with Crippen LogP contribution in [0.2, 0.25) is 0 Å². The van der Waals surface area contributed by atoms with E-state index in [4.69, 9.17) is 0 Å². The standard InChI is InChI=1S/C23H25N5O2/c29-20(16-28-13-12-17-6-4-5-7-18(17)15-28)14-24-22-11-10-21(26-27-22)23(30)25-19-8-2-1-3-9-19/h1-11,20,29H,12-16H2,(H,24,27)(H,25,30). The van der Waals surface area contributed by atoms with Crippen molar-refractivity contribution in [3.05, 3.63) is 83.6 Å². The molecule has 0 saturated heterocycles. The Morgan fingerprint density at radius 1 is 1.00 bits per heavy atom. The molecule has 2 heterocycles. The van der Waals surface area contributed by atoms with Crippen molar-refractivity contribution in [2.75, 3.05) is 30.3 Å². The Morgan fingerprint density at radius 3 is 2.53 bits per heavy atom. The molecule has 2 aromatic carbocycles. The van der Waals surface area contributed by atoms with E-state index in [-0.39, 0.29) is 11.6 Å². The average Bonchev–Trinajstić information content (AvgIpc) is 2.78. The van der Waals surface area contributed by atoms with Crippen LogP contribution < -0.4 is 10.6 Å². The first-order valence-electron chi connectivity index (χ1n) is 10.1. The van der Waals surface area contributed by atoms with Crippen molar-refractivity contribution in [3.63, 3.8) is 0 Å². The molecule has 4 rings (SSSR count). The van der Waals surface area contributed by atoms with Gasteiger partial charge in [-0.3, -0.25) is 9.69 Å². The fraction of sp³-hybridized carbons (Fsp3) is 0.261. The lowest BCUT2D eigenvalue weighted by Gasteiger charge is -2.30. The molecule has 0 spiro atoms. The zero-order valence-corrected chi connectivity index (χ0v) is 16.7. The second-order valence-electron chi connectivity index (χ2n) is 7.41. The molecular weight excluding hydrogens is 378 g/mol. The Labute approximate surface area is 175 Å². The third-order valence-electron chi connectivity index (χ3n) is 5.13. The summed E-state index contributed by atoms with van der Waals surface area (Å²) in [6.07, 6.45) is 0.479. The first kappa shape index (κ1) is 20.0. The zero-order chi connectivity index (χ0) is 20.8. The van der Waals surface area contributed by atoms with Crippen LogP contribution in [0.5, 0.6) is 0 Å². The van der Waals surface area contributed by atoms with Crippen LogP contribution in [0.1, 0.15) is 21.6 Å². The number of aliphatic hydroxyl groups is 1. The molecule has 1 atom stereocenters. The molecule has 30 heavy (non-hydrogen) atoms. The Morgan fingerprint density at radius 2 is 1.77 bits per heavy atom. The number of fused-ring (bicyclic) bond motifs is 1. The molecule has 3 N–H and O–H groups in total. The summed E-state index contributed by atoms with van der Waals surface area (Å²) in [6.45, 7) is 2.76. The number of benzene rings is 2. The molecule has 1 aliphatic heterocycles. The fourth-order valence-electron chi connectivity index (χ4n) is 3.56. The number of amides is 1. The lowest BCUT2D eigenvalue weighted by molar-refractivity contribution is 0.102. The number of aromatic nitrogens is 2. The predicted molar refractivity (Wildman–Crippen MR) is 116 cm³/mol. The van der Waals surface area contributed by atoms with Crippen LogP contribution in [-0.2, 0) is 13.0 Å². The summed E-state index contributed by atoms with van der Waals surface area (Å²) in [5.41, 5.74) is 3.67. The summed E-state index contributed by atoms with van der Waals surface area (Å²) in [7, 11) is 0. The highest BCUT2D eigenvalue weighted by molar-refractivity contribution is 6.02. The molecule has 1 unspecified atom stereocenters. The van der Waals surface area contributed by atoms with Crippen molar-refractivity contribution in [3.8, 4) is 0 Å². The number of para-hydroxylation sites is 1. The van der Waals surface area contributed by atoms with Crippen LogP contribution in [0.15, 0.2) is 66.7 Å². The number of anilines is 2. The van der Waals surface area contributed by atoms with Gasteiger partial charge in [-0.05, 0) is 41.8 Å². The van der Waals surface area contributed by atoms with Crippen LogP contribution in [0, 0.1) is 0 Å². The number of nitrogens with zero attached hydrogens (tertiary/aromatic N) is 3. The summed E-state index contributed by atoms with van der Waals surface area (Å²) >= 11 is 0. The number of aliphatic hydroxyl groups excluding tert-OH is 1. The lowest BCUT2D eigenvalue weighted by Crippen LogP contribution is -2.39. The van der Waals surface area contributed by atoms with Crippen molar-refractivity contribution >= 4 is 17.4 Å². The van der Waals surface area contributed by atoms with Crippen molar-refractivity contribution in [2.45, 2.75) is 19.1 Å². The zero-order valence-electron chi connectivity index (χ0n) is 16.7. The number of hydrogen-bond donors (Lipinski definition) is 3. The topological polar surface area (TPSA) is 90.4 Å². The highest BCUT2D eigenvalue weighted by Gasteiger charge is 2.18. The SMILES string of the molecule is O=C(Nc1ccccc1)c1ccc(NCC(O)CN2CCc3ccccc3C2)nn1. The third kappa shape index (κ3) is 5.20. The molecule has 1 amide bonds. The number of carbonyl (C=O) groups is 1. The summed E-state index contributed by atoms with van der Waals surface area (Å²) < 4.78 is 0. The largest absolute Gasteiger partial charge is 0.390 e. The van der Waals surface area contributed by atoms with Gasteiger partial charge in [-0.15, -0.1) is 10.2 Å². The number of hydrogen-bond acceptors (Lipinski definition) is 6. The molecule has 154 valence electrons. The summed E-state index contributed by atoms with van der Waals surface area (Å²) in [6, 6.07) is 21.0. The van der Waals surface area contributed by atoms with Crippen LogP contribution >= 0.6 is 0 Å². The minimum Gasteiger partial charge on any atom is -0.390 e. The molecule has 3 aromatic rings. The van der Waals surface area contributed by atoms with E-state index in [1.807, 2.05) is 30.3 Å². The second-order valence-corrected chi connectivity index (χ2v) is 7.41. The summed E-state index contributed by atoms with van der Waals surface area (Å²) in [5, 5.41) is 24.3. The smallest absolute Gasteiger partial charge is 0.276 e. The third-order valence-corrected chi connectivity index (χ3v) is 5.13. The maximum Gasteiger partial charge on any atom is 0.276 e. The van der Waals surface area contributed by atoms with Crippen molar-refractivity contribution in [1.29, 1.82) is 0 Å².